The molecule has 1 heterocycles. The lowest BCUT2D eigenvalue weighted by molar-refractivity contribution is -0.124. The van der Waals surface area contributed by atoms with E-state index in [1.54, 1.807) is 6.20 Å². The van der Waals surface area contributed by atoms with E-state index in [1.165, 1.54) is 0 Å². The first kappa shape index (κ1) is 19.0. The minimum atomic E-state index is -0.199. The molecule has 2 aromatic rings. The highest BCUT2D eigenvalue weighted by Crippen LogP contribution is 2.34. The van der Waals surface area contributed by atoms with Crippen LogP contribution in [-0.2, 0) is 9.59 Å². The molecule has 0 fully saturated rings. The Labute approximate surface area is 156 Å². The second kappa shape index (κ2) is 8.69. The predicted molar refractivity (Wildman–Crippen MR) is 98.2 cm³/mol. The summed E-state index contributed by atoms with van der Waals surface area (Å²) >= 11 is 6.87. The fourth-order valence-corrected chi connectivity index (χ4v) is 4.11. The van der Waals surface area contributed by atoms with Crippen LogP contribution in [0.3, 0.4) is 0 Å². The molecule has 0 amide bonds. The zero-order chi connectivity index (χ0) is 17.7. The third-order valence-corrected chi connectivity index (χ3v) is 5.18. The molecule has 5 nitrogen and oxygen atoms in total. The van der Waals surface area contributed by atoms with Crippen molar-refractivity contribution in [3.8, 4) is 0 Å². The molecule has 0 radical (unpaired) electrons. The maximum absolute atomic E-state index is 12.5. The molecule has 2 N–H and O–H groups in total. The quantitative estimate of drug-likeness (QED) is 0.556. The number of fused-ring (bicyclic) bond motifs is 1. The van der Waals surface area contributed by atoms with Gasteiger partial charge in [0.15, 0.2) is 5.78 Å². The van der Waals surface area contributed by atoms with Gasteiger partial charge in [-0.25, -0.2) is 0 Å². The summed E-state index contributed by atoms with van der Waals surface area (Å²) in [4.78, 5) is 38.7. The monoisotopic (exact) mass is 457 g/mol. The Hall–Kier alpha value is -1.31. The van der Waals surface area contributed by atoms with E-state index >= 15 is 0 Å². The average Bonchev–Trinajstić information content (AvgIpc) is 2.99. The number of halogens is 2. The minimum absolute atomic E-state index is 0.0722. The van der Waals surface area contributed by atoms with E-state index in [4.69, 9.17) is 5.11 Å². The average molecular weight is 459 g/mol. The van der Waals surface area contributed by atoms with Gasteiger partial charge in [0.2, 0.25) is 0 Å². The molecular formula is C17H17Br2NO4. The summed E-state index contributed by atoms with van der Waals surface area (Å²) in [6, 6.07) is 3.71. The van der Waals surface area contributed by atoms with Crippen LogP contribution in [0.15, 0.2) is 27.3 Å². The minimum Gasteiger partial charge on any atom is -0.396 e. The van der Waals surface area contributed by atoms with Crippen molar-refractivity contribution in [1.82, 2.24) is 4.98 Å². The normalized spacial score (nSPS) is 11.0. The molecule has 0 saturated heterocycles. The highest BCUT2D eigenvalue weighted by atomic mass is 79.9. The van der Waals surface area contributed by atoms with E-state index in [-0.39, 0.29) is 56.1 Å². The summed E-state index contributed by atoms with van der Waals surface area (Å²) in [7, 11) is 0. The van der Waals surface area contributed by atoms with Gasteiger partial charge in [-0.2, -0.15) is 0 Å². The van der Waals surface area contributed by atoms with Crippen LogP contribution in [0, 0.1) is 0 Å². The molecule has 1 aromatic carbocycles. The zero-order valence-electron chi connectivity index (χ0n) is 12.9. The van der Waals surface area contributed by atoms with Crippen molar-refractivity contribution in [1.29, 1.82) is 0 Å². The number of aromatic nitrogens is 1. The van der Waals surface area contributed by atoms with Crippen molar-refractivity contribution in [3.63, 3.8) is 0 Å². The number of carbonyl (C=O) groups is 3. The van der Waals surface area contributed by atoms with Gasteiger partial charge >= 0.3 is 0 Å². The highest BCUT2D eigenvalue weighted by molar-refractivity contribution is 9.11. The maximum Gasteiger partial charge on any atom is 0.165 e. The fraction of sp³-hybridized carbons (Fsp3) is 0.353. The van der Waals surface area contributed by atoms with Crippen molar-refractivity contribution >= 4 is 60.1 Å². The predicted octanol–water partition coefficient (Wildman–Crippen LogP) is 3.96. The van der Waals surface area contributed by atoms with Crippen LogP contribution in [0.4, 0.5) is 0 Å². The first-order chi connectivity index (χ1) is 11.4. The third-order valence-electron chi connectivity index (χ3n) is 3.73. The number of rotatable bonds is 9. The van der Waals surface area contributed by atoms with Gasteiger partial charge < -0.3 is 10.1 Å². The molecule has 0 bridgehead atoms. The number of hydrogen-bond acceptors (Lipinski definition) is 4. The lowest BCUT2D eigenvalue weighted by Gasteiger charge is -2.08. The molecule has 1 aromatic heterocycles. The van der Waals surface area contributed by atoms with Crippen molar-refractivity contribution < 1.29 is 19.5 Å². The first-order valence-corrected chi connectivity index (χ1v) is 9.15. The molecular weight excluding hydrogens is 442 g/mol. The van der Waals surface area contributed by atoms with Gasteiger partial charge in [-0.1, -0.05) is 0 Å². The summed E-state index contributed by atoms with van der Waals surface area (Å²) < 4.78 is 1.36. The van der Waals surface area contributed by atoms with Crippen LogP contribution in [-0.4, -0.2) is 34.0 Å². The molecule has 0 unspecified atom stereocenters. The number of Topliss-reactive ketones (excluding diaryl/α,β-unsaturated/α-hetero) is 3. The van der Waals surface area contributed by atoms with Crippen molar-refractivity contribution in [2.45, 2.75) is 32.1 Å². The zero-order valence-corrected chi connectivity index (χ0v) is 16.1. The maximum atomic E-state index is 12.5. The van der Waals surface area contributed by atoms with Crippen molar-refractivity contribution in [2.75, 3.05) is 6.61 Å². The second-order valence-corrected chi connectivity index (χ2v) is 7.11. The third kappa shape index (κ3) is 4.62. The second-order valence-electron chi connectivity index (χ2n) is 5.46. The molecule has 0 aliphatic heterocycles. The number of H-pyrrole nitrogens is 1. The lowest BCUT2D eigenvalue weighted by atomic mass is 10.0. The Bertz CT molecular complexity index is 782. The fourth-order valence-electron chi connectivity index (χ4n) is 2.42. The van der Waals surface area contributed by atoms with Crippen LogP contribution < -0.4 is 0 Å². The van der Waals surface area contributed by atoms with E-state index < -0.39 is 0 Å². The number of carbonyl (C=O) groups excluding carboxylic acids is 3. The van der Waals surface area contributed by atoms with Crippen LogP contribution in [0.5, 0.6) is 0 Å². The van der Waals surface area contributed by atoms with E-state index in [9.17, 15) is 14.4 Å². The first-order valence-electron chi connectivity index (χ1n) is 7.56. The molecule has 0 atom stereocenters. The van der Waals surface area contributed by atoms with E-state index in [2.05, 4.69) is 36.8 Å². The molecule has 0 aliphatic rings. The Morgan fingerprint density at radius 2 is 1.62 bits per heavy atom. The summed E-state index contributed by atoms with van der Waals surface area (Å²) in [5.41, 5.74) is 1.43. The largest absolute Gasteiger partial charge is 0.396 e. The van der Waals surface area contributed by atoms with Gasteiger partial charge in [-0.3, -0.25) is 14.4 Å². The Kier molecular flexibility index (Phi) is 6.89. The topological polar surface area (TPSA) is 87.2 Å². The molecule has 0 spiro atoms. The Morgan fingerprint density at radius 3 is 2.29 bits per heavy atom. The summed E-state index contributed by atoms with van der Waals surface area (Å²) in [6.07, 6.45) is 2.31. The van der Waals surface area contributed by atoms with Crippen molar-refractivity contribution in [3.05, 3.63) is 32.8 Å². The molecule has 0 aliphatic carbocycles. The van der Waals surface area contributed by atoms with Crippen LogP contribution >= 0.6 is 31.9 Å². The number of benzene rings is 1. The van der Waals surface area contributed by atoms with Gasteiger partial charge in [-0.15, -0.1) is 0 Å². The summed E-state index contributed by atoms with van der Waals surface area (Å²) in [5, 5.41) is 9.56. The highest BCUT2D eigenvalue weighted by Gasteiger charge is 2.18. The van der Waals surface area contributed by atoms with Crippen LogP contribution in [0.25, 0.3) is 10.9 Å². The lowest BCUT2D eigenvalue weighted by Crippen LogP contribution is -2.09. The smallest absolute Gasteiger partial charge is 0.165 e. The molecule has 24 heavy (non-hydrogen) atoms. The van der Waals surface area contributed by atoms with Crippen LogP contribution in [0.1, 0.15) is 42.5 Å². The van der Waals surface area contributed by atoms with Gasteiger partial charge in [0.05, 0.1) is 0 Å². The van der Waals surface area contributed by atoms with Crippen LogP contribution in [0.2, 0.25) is 0 Å². The SMILES string of the molecule is O=C(CCO)CCC(=O)CCC(=O)c1c(Br)cc2[nH]ccc2c1Br. The standard InChI is InChI=1S/C17H17Br2NO4/c18-13-9-14-12(5-7-20-14)17(19)16(13)15(24)4-3-10(22)1-2-11(23)6-8-21/h5,7,9,20-21H,1-4,6,8H2. The molecule has 7 heteroatoms. The van der Waals surface area contributed by atoms with E-state index in [0.29, 0.717) is 14.5 Å². The number of aliphatic hydroxyl groups excluding tert-OH is 1. The van der Waals surface area contributed by atoms with Gasteiger partial charge in [0.25, 0.3) is 0 Å². The number of aliphatic hydroxyl groups is 1. The van der Waals surface area contributed by atoms with Gasteiger partial charge in [-0.05, 0) is 44.0 Å². The molecule has 2 rings (SSSR count). The number of hydrogen-bond donors (Lipinski definition) is 2. The van der Waals surface area contributed by atoms with Gasteiger partial charge in [0, 0.05) is 70.3 Å². The molecule has 0 saturated carbocycles. The number of aromatic amines is 1. The summed E-state index contributed by atoms with van der Waals surface area (Å²) in [6.45, 7) is -0.199. The van der Waals surface area contributed by atoms with E-state index in [1.807, 2.05) is 12.1 Å². The van der Waals surface area contributed by atoms with E-state index in [0.717, 1.165) is 10.9 Å². The Balaban J connectivity index is 1.98. The Morgan fingerprint density at radius 1 is 1.00 bits per heavy atom. The summed E-state index contributed by atoms with van der Waals surface area (Å²) in [5.74, 6) is -0.392. The number of ketones is 3. The van der Waals surface area contributed by atoms with Gasteiger partial charge in [0.1, 0.15) is 11.6 Å². The molecule has 128 valence electrons. The van der Waals surface area contributed by atoms with Crippen molar-refractivity contribution in [2.24, 2.45) is 0 Å². The number of nitrogens with one attached hydrogen (secondary N) is 1.